The van der Waals surface area contributed by atoms with E-state index < -0.39 is 5.63 Å². The molecule has 2 N–H and O–H groups in total. The maximum Gasteiger partial charge on any atom is 0.336 e. The van der Waals surface area contributed by atoms with Crippen molar-refractivity contribution < 1.29 is 14.6 Å². The van der Waals surface area contributed by atoms with Gasteiger partial charge in [0.15, 0.2) is 0 Å². The number of aliphatic hydroxyl groups excluding tert-OH is 1. The van der Waals surface area contributed by atoms with Crippen LogP contribution in [0.5, 0.6) is 5.75 Å². The maximum atomic E-state index is 11.8. The molecule has 2 heterocycles. The Morgan fingerprint density at radius 1 is 1.32 bits per heavy atom. The van der Waals surface area contributed by atoms with Crippen LogP contribution in [0.25, 0.3) is 11.0 Å². The number of rotatable bonds is 4. The Morgan fingerprint density at radius 3 is 2.86 bits per heavy atom. The van der Waals surface area contributed by atoms with Gasteiger partial charge in [-0.15, -0.1) is 0 Å². The molecule has 0 bridgehead atoms. The highest BCUT2D eigenvalue weighted by molar-refractivity contribution is 5.82. The number of hydrogen-bond donors (Lipinski definition) is 2. The lowest BCUT2D eigenvalue weighted by molar-refractivity contribution is 0.154. The van der Waals surface area contributed by atoms with Gasteiger partial charge >= 0.3 is 5.63 Å². The van der Waals surface area contributed by atoms with E-state index in [0.29, 0.717) is 18.5 Å². The first kappa shape index (κ1) is 15.1. The average Bonchev–Trinajstić information content (AvgIpc) is 2.93. The summed E-state index contributed by atoms with van der Waals surface area (Å²) in [6.45, 7) is 3.65. The van der Waals surface area contributed by atoms with Crippen LogP contribution in [0, 0.1) is 0 Å². The van der Waals surface area contributed by atoms with Crippen LogP contribution in [0.3, 0.4) is 0 Å². The Kier molecular flexibility index (Phi) is 4.18. The Bertz CT molecular complexity index is 737. The number of hydrogen-bond acceptors (Lipinski definition) is 5. The zero-order chi connectivity index (χ0) is 15.7. The molecule has 2 aromatic rings. The fourth-order valence-corrected chi connectivity index (χ4v) is 3.25. The van der Waals surface area contributed by atoms with E-state index in [2.05, 4.69) is 4.90 Å². The second-order valence-electron chi connectivity index (χ2n) is 5.87. The van der Waals surface area contributed by atoms with Gasteiger partial charge in [0.2, 0.25) is 0 Å². The molecule has 22 heavy (non-hydrogen) atoms. The molecule has 3 rings (SSSR count). The minimum absolute atomic E-state index is 0.139. The van der Waals surface area contributed by atoms with E-state index in [9.17, 15) is 15.0 Å². The van der Waals surface area contributed by atoms with E-state index in [1.54, 1.807) is 0 Å². The molecule has 0 radical (unpaired) electrons. The number of aryl methyl sites for hydroxylation is 1. The number of phenols is 1. The van der Waals surface area contributed by atoms with Crippen LogP contribution in [0.2, 0.25) is 0 Å². The smallest absolute Gasteiger partial charge is 0.336 e. The first-order chi connectivity index (χ1) is 10.6. The summed E-state index contributed by atoms with van der Waals surface area (Å²) in [6, 6.07) is 5.09. The minimum atomic E-state index is -0.411. The molecular formula is C17H21NO4. The molecule has 1 aromatic heterocycles. The Labute approximate surface area is 128 Å². The van der Waals surface area contributed by atoms with Crippen molar-refractivity contribution in [1.82, 2.24) is 4.90 Å². The van der Waals surface area contributed by atoms with E-state index in [1.807, 2.05) is 13.0 Å². The molecule has 0 unspecified atom stereocenters. The van der Waals surface area contributed by atoms with Crippen molar-refractivity contribution in [2.75, 3.05) is 13.2 Å². The van der Waals surface area contributed by atoms with Crippen LogP contribution in [0.15, 0.2) is 27.4 Å². The zero-order valence-corrected chi connectivity index (χ0v) is 12.7. The molecule has 0 aliphatic carbocycles. The summed E-state index contributed by atoms with van der Waals surface area (Å²) < 4.78 is 5.22. The molecule has 1 aliphatic rings. The monoisotopic (exact) mass is 303 g/mol. The van der Waals surface area contributed by atoms with E-state index in [1.165, 1.54) is 12.1 Å². The number of aromatic hydroxyl groups is 1. The largest absolute Gasteiger partial charge is 0.508 e. The molecule has 1 aliphatic heterocycles. The Hall–Kier alpha value is -1.85. The van der Waals surface area contributed by atoms with Gasteiger partial charge in [0.25, 0.3) is 0 Å². The molecule has 1 fully saturated rings. The van der Waals surface area contributed by atoms with Crippen molar-refractivity contribution in [3.05, 3.63) is 39.7 Å². The highest BCUT2D eigenvalue weighted by Gasteiger charge is 2.24. The SMILES string of the molecule is CCc1cc2c(CN3CCC[C@@H]3CO)cc(=O)oc2cc1O. The third-order valence-corrected chi connectivity index (χ3v) is 4.49. The van der Waals surface area contributed by atoms with Gasteiger partial charge in [-0.05, 0) is 43.0 Å². The van der Waals surface area contributed by atoms with E-state index in [-0.39, 0.29) is 18.4 Å². The van der Waals surface area contributed by atoms with Gasteiger partial charge in [0, 0.05) is 30.1 Å². The predicted molar refractivity (Wildman–Crippen MR) is 84.0 cm³/mol. The minimum Gasteiger partial charge on any atom is -0.508 e. The topological polar surface area (TPSA) is 73.9 Å². The maximum absolute atomic E-state index is 11.8. The lowest BCUT2D eigenvalue weighted by Gasteiger charge is -2.23. The van der Waals surface area contributed by atoms with Crippen molar-refractivity contribution in [2.45, 2.75) is 38.8 Å². The van der Waals surface area contributed by atoms with Crippen molar-refractivity contribution in [3.8, 4) is 5.75 Å². The normalized spacial score (nSPS) is 19.1. The highest BCUT2D eigenvalue weighted by Crippen LogP contribution is 2.29. The third kappa shape index (κ3) is 2.74. The number of benzene rings is 1. The van der Waals surface area contributed by atoms with Crippen molar-refractivity contribution in [1.29, 1.82) is 0 Å². The summed E-state index contributed by atoms with van der Waals surface area (Å²) in [7, 11) is 0. The van der Waals surface area contributed by atoms with Gasteiger partial charge in [-0.3, -0.25) is 4.90 Å². The highest BCUT2D eigenvalue weighted by atomic mass is 16.4. The van der Waals surface area contributed by atoms with Gasteiger partial charge < -0.3 is 14.6 Å². The lowest BCUT2D eigenvalue weighted by Crippen LogP contribution is -2.31. The van der Waals surface area contributed by atoms with Crippen LogP contribution < -0.4 is 5.63 Å². The summed E-state index contributed by atoms with van der Waals surface area (Å²) in [4.78, 5) is 14.0. The summed E-state index contributed by atoms with van der Waals surface area (Å²) in [5, 5.41) is 20.3. The van der Waals surface area contributed by atoms with Gasteiger partial charge in [0.1, 0.15) is 11.3 Å². The number of phenolic OH excluding ortho intramolecular Hbond substituents is 1. The molecule has 118 valence electrons. The molecular weight excluding hydrogens is 282 g/mol. The second kappa shape index (κ2) is 6.10. The predicted octanol–water partition coefficient (Wildman–Crippen LogP) is 2.02. The van der Waals surface area contributed by atoms with Crippen molar-refractivity contribution in [3.63, 3.8) is 0 Å². The Morgan fingerprint density at radius 2 is 2.14 bits per heavy atom. The molecule has 1 saturated heterocycles. The van der Waals surface area contributed by atoms with E-state index >= 15 is 0 Å². The van der Waals surface area contributed by atoms with Crippen LogP contribution >= 0.6 is 0 Å². The molecule has 0 saturated carbocycles. The first-order valence-electron chi connectivity index (χ1n) is 7.76. The average molecular weight is 303 g/mol. The summed E-state index contributed by atoms with van der Waals surface area (Å²) >= 11 is 0. The fraction of sp³-hybridized carbons (Fsp3) is 0.471. The molecule has 5 heteroatoms. The van der Waals surface area contributed by atoms with Crippen LogP contribution in [-0.4, -0.2) is 34.3 Å². The van der Waals surface area contributed by atoms with Gasteiger partial charge in [0.05, 0.1) is 6.61 Å². The van der Waals surface area contributed by atoms with Gasteiger partial charge in [-0.2, -0.15) is 0 Å². The van der Waals surface area contributed by atoms with E-state index in [0.717, 1.165) is 35.9 Å². The lowest BCUT2D eigenvalue weighted by atomic mass is 10.0. The first-order valence-corrected chi connectivity index (χ1v) is 7.76. The van der Waals surface area contributed by atoms with Crippen LogP contribution in [-0.2, 0) is 13.0 Å². The van der Waals surface area contributed by atoms with Crippen LogP contribution in [0.4, 0.5) is 0 Å². The van der Waals surface area contributed by atoms with Crippen LogP contribution in [0.1, 0.15) is 30.9 Å². The summed E-state index contributed by atoms with van der Waals surface area (Å²) in [5.41, 5.74) is 1.73. The molecule has 5 nitrogen and oxygen atoms in total. The standard InChI is InChI=1S/C17H21NO4/c1-2-11-6-14-12(9-18-5-3-4-13(18)10-19)7-17(21)22-16(14)8-15(11)20/h6-8,13,19-20H,2-5,9-10H2,1H3/t13-/m1/s1. The molecule has 1 atom stereocenters. The molecule has 0 spiro atoms. The van der Waals surface area contributed by atoms with E-state index in [4.69, 9.17) is 4.42 Å². The number of likely N-dealkylation sites (tertiary alicyclic amines) is 1. The Balaban J connectivity index is 2.06. The van der Waals surface area contributed by atoms with Crippen molar-refractivity contribution in [2.24, 2.45) is 0 Å². The quantitative estimate of drug-likeness (QED) is 0.845. The molecule has 0 amide bonds. The summed E-state index contributed by atoms with van der Waals surface area (Å²) in [5.74, 6) is 0.157. The third-order valence-electron chi connectivity index (χ3n) is 4.49. The number of fused-ring (bicyclic) bond motifs is 1. The fourth-order valence-electron chi connectivity index (χ4n) is 3.25. The van der Waals surface area contributed by atoms with Gasteiger partial charge in [-0.1, -0.05) is 6.92 Å². The summed E-state index contributed by atoms with van der Waals surface area (Å²) in [6.07, 6.45) is 2.76. The number of aliphatic hydroxyl groups is 1. The van der Waals surface area contributed by atoms with Crippen molar-refractivity contribution >= 4 is 11.0 Å². The van der Waals surface area contributed by atoms with Gasteiger partial charge in [-0.25, -0.2) is 4.79 Å². The number of nitrogens with zero attached hydrogens (tertiary/aromatic N) is 1. The zero-order valence-electron chi connectivity index (χ0n) is 12.7. The second-order valence-corrected chi connectivity index (χ2v) is 5.87. The molecule has 1 aromatic carbocycles.